The Balaban J connectivity index is 1.81. The number of pyridine rings is 1. The van der Waals surface area contributed by atoms with Crippen molar-refractivity contribution in [1.29, 1.82) is 0 Å². The van der Waals surface area contributed by atoms with Crippen LogP contribution in [-0.4, -0.2) is 33.1 Å². The summed E-state index contributed by atoms with van der Waals surface area (Å²) < 4.78 is 6.79. The Hall–Kier alpha value is -3.46. The number of hydrogen-bond acceptors (Lipinski definition) is 6. The van der Waals surface area contributed by atoms with Gasteiger partial charge < -0.3 is 10.1 Å². The van der Waals surface area contributed by atoms with Crippen LogP contribution in [0.4, 0.5) is 5.69 Å². The second-order valence-electron chi connectivity index (χ2n) is 7.35. The first-order chi connectivity index (χ1) is 14.8. The van der Waals surface area contributed by atoms with E-state index >= 15 is 0 Å². The van der Waals surface area contributed by atoms with Crippen LogP contribution >= 0.6 is 11.6 Å². The van der Waals surface area contributed by atoms with Crippen LogP contribution in [0.15, 0.2) is 39.9 Å². The lowest BCUT2D eigenvalue weighted by Gasteiger charge is -2.13. The molecule has 9 nitrogen and oxygen atoms in total. The number of benzene rings is 1. The Morgan fingerprint density at radius 3 is 2.52 bits per heavy atom. The zero-order valence-electron chi connectivity index (χ0n) is 16.8. The maximum Gasteiger partial charge on any atom is 0.338 e. The zero-order valence-corrected chi connectivity index (χ0v) is 17.6. The van der Waals surface area contributed by atoms with E-state index in [9.17, 15) is 19.2 Å². The fraction of sp³-hybridized carbons (Fsp3) is 0.286. The third kappa shape index (κ3) is 3.96. The molecule has 10 heteroatoms. The van der Waals surface area contributed by atoms with Crippen LogP contribution < -0.4 is 16.6 Å². The summed E-state index contributed by atoms with van der Waals surface area (Å²) in [5, 5.41) is 3.06. The number of ether oxygens (including phenoxy) is 1. The highest BCUT2D eigenvalue weighted by Gasteiger charge is 2.29. The SMILES string of the molecule is COC(=O)c1cc(C2CC2)nc2c1c(=O)n(CC(=O)Nc1ccc(Cl)cc1)c(=O)n2C. The van der Waals surface area contributed by atoms with Crippen LogP contribution in [0, 0.1) is 0 Å². The zero-order chi connectivity index (χ0) is 22.3. The summed E-state index contributed by atoms with van der Waals surface area (Å²) in [6.45, 7) is -0.533. The number of carbonyl (C=O) groups is 2. The molecular formula is C21H19ClN4O5. The van der Waals surface area contributed by atoms with Gasteiger partial charge in [-0.3, -0.25) is 18.7 Å². The fourth-order valence-electron chi connectivity index (χ4n) is 3.37. The first-order valence-corrected chi connectivity index (χ1v) is 9.96. The molecule has 1 N–H and O–H groups in total. The normalized spacial score (nSPS) is 13.3. The highest BCUT2D eigenvalue weighted by molar-refractivity contribution is 6.30. The van der Waals surface area contributed by atoms with Crippen molar-refractivity contribution in [2.24, 2.45) is 7.05 Å². The third-order valence-corrected chi connectivity index (χ3v) is 5.40. The van der Waals surface area contributed by atoms with Gasteiger partial charge in [-0.2, -0.15) is 0 Å². The average molecular weight is 443 g/mol. The van der Waals surface area contributed by atoms with Crippen LogP contribution in [-0.2, 0) is 23.1 Å². The van der Waals surface area contributed by atoms with Gasteiger partial charge in [0.2, 0.25) is 5.91 Å². The number of nitrogens with zero attached hydrogens (tertiary/aromatic N) is 3. The second-order valence-corrected chi connectivity index (χ2v) is 7.78. The summed E-state index contributed by atoms with van der Waals surface area (Å²) in [4.78, 5) is 55.4. The average Bonchev–Trinajstić information content (AvgIpc) is 3.61. The van der Waals surface area contributed by atoms with Crippen molar-refractivity contribution in [1.82, 2.24) is 14.1 Å². The lowest BCUT2D eigenvalue weighted by Crippen LogP contribution is -2.42. The van der Waals surface area contributed by atoms with E-state index < -0.39 is 29.7 Å². The molecule has 0 saturated heterocycles. The lowest BCUT2D eigenvalue weighted by atomic mass is 10.1. The molecule has 0 radical (unpaired) electrons. The summed E-state index contributed by atoms with van der Waals surface area (Å²) in [5.74, 6) is -1.10. The largest absolute Gasteiger partial charge is 0.465 e. The molecule has 0 unspecified atom stereocenters. The Morgan fingerprint density at radius 1 is 1.23 bits per heavy atom. The van der Waals surface area contributed by atoms with Gasteiger partial charge >= 0.3 is 11.7 Å². The molecular weight excluding hydrogens is 424 g/mol. The van der Waals surface area contributed by atoms with Gasteiger partial charge in [0.1, 0.15) is 12.2 Å². The molecule has 1 aliphatic rings. The minimum atomic E-state index is -0.778. The number of amides is 1. The maximum absolute atomic E-state index is 13.2. The first-order valence-electron chi connectivity index (χ1n) is 9.58. The Bertz CT molecular complexity index is 1320. The minimum absolute atomic E-state index is 0.0295. The smallest absolute Gasteiger partial charge is 0.338 e. The molecule has 160 valence electrons. The maximum atomic E-state index is 13.2. The molecule has 0 bridgehead atoms. The van der Waals surface area contributed by atoms with Crippen molar-refractivity contribution in [3.8, 4) is 0 Å². The molecule has 0 aliphatic heterocycles. The minimum Gasteiger partial charge on any atom is -0.465 e. The second kappa shape index (κ2) is 7.99. The molecule has 4 rings (SSSR count). The van der Waals surface area contributed by atoms with E-state index in [2.05, 4.69) is 10.3 Å². The van der Waals surface area contributed by atoms with Gasteiger partial charge in [-0.05, 0) is 43.2 Å². The number of carbonyl (C=O) groups excluding carboxylic acids is 2. The van der Waals surface area contributed by atoms with E-state index in [1.54, 1.807) is 24.3 Å². The number of esters is 1. The highest BCUT2D eigenvalue weighted by Crippen LogP contribution is 2.39. The van der Waals surface area contributed by atoms with Crippen molar-refractivity contribution in [3.63, 3.8) is 0 Å². The molecule has 0 spiro atoms. The van der Waals surface area contributed by atoms with Crippen LogP contribution in [0.5, 0.6) is 0 Å². The standard InChI is InChI=1S/C21H19ClN4O5/c1-25-18-17(14(20(29)31-2)9-15(24-18)11-3-4-11)19(28)26(21(25)30)10-16(27)23-13-7-5-12(22)6-8-13/h5-9,11H,3-4,10H2,1-2H3,(H,23,27). The number of methoxy groups -OCH3 is 1. The predicted octanol–water partition coefficient (Wildman–Crippen LogP) is 2.05. The number of anilines is 1. The topological polar surface area (TPSA) is 112 Å². The van der Waals surface area contributed by atoms with E-state index in [1.807, 2.05) is 0 Å². The van der Waals surface area contributed by atoms with E-state index in [0.29, 0.717) is 16.4 Å². The molecule has 1 amide bonds. The Kier molecular flexibility index (Phi) is 5.36. The number of nitrogens with one attached hydrogen (secondary N) is 1. The van der Waals surface area contributed by atoms with Gasteiger partial charge in [-0.25, -0.2) is 14.6 Å². The van der Waals surface area contributed by atoms with E-state index in [-0.39, 0.29) is 22.5 Å². The number of halogens is 1. The lowest BCUT2D eigenvalue weighted by molar-refractivity contribution is -0.116. The number of rotatable bonds is 5. The van der Waals surface area contributed by atoms with Gasteiger partial charge in [0.25, 0.3) is 5.56 Å². The van der Waals surface area contributed by atoms with Gasteiger partial charge in [0, 0.05) is 29.4 Å². The van der Waals surface area contributed by atoms with Gasteiger partial charge in [0.05, 0.1) is 18.1 Å². The molecule has 3 aromatic rings. The number of hydrogen-bond donors (Lipinski definition) is 1. The Labute approximate surface area is 181 Å². The molecule has 1 aromatic carbocycles. The van der Waals surface area contributed by atoms with E-state index in [1.165, 1.54) is 24.8 Å². The van der Waals surface area contributed by atoms with Crippen molar-refractivity contribution in [2.45, 2.75) is 25.3 Å². The Morgan fingerprint density at radius 2 is 1.90 bits per heavy atom. The van der Waals surface area contributed by atoms with Crippen molar-refractivity contribution < 1.29 is 14.3 Å². The summed E-state index contributed by atoms with van der Waals surface area (Å²) in [6.07, 6.45) is 1.85. The molecule has 1 fully saturated rings. The molecule has 2 aromatic heterocycles. The molecule has 2 heterocycles. The molecule has 1 saturated carbocycles. The van der Waals surface area contributed by atoms with Crippen LogP contribution in [0.3, 0.4) is 0 Å². The van der Waals surface area contributed by atoms with Crippen LogP contribution in [0.1, 0.15) is 34.8 Å². The van der Waals surface area contributed by atoms with Crippen LogP contribution in [0.2, 0.25) is 5.02 Å². The van der Waals surface area contributed by atoms with Gasteiger partial charge in [-0.1, -0.05) is 11.6 Å². The molecule has 0 atom stereocenters. The summed E-state index contributed by atoms with van der Waals surface area (Å²) in [6, 6.07) is 7.94. The highest BCUT2D eigenvalue weighted by atomic mass is 35.5. The predicted molar refractivity (Wildman–Crippen MR) is 115 cm³/mol. The van der Waals surface area contributed by atoms with Crippen molar-refractivity contribution >= 4 is 40.2 Å². The third-order valence-electron chi connectivity index (χ3n) is 5.15. The van der Waals surface area contributed by atoms with E-state index in [0.717, 1.165) is 17.4 Å². The van der Waals surface area contributed by atoms with Gasteiger partial charge in [0.15, 0.2) is 0 Å². The number of fused-ring (bicyclic) bond motifs is 1. The summed E-state index contributed by atoms with van der Waals surface area (Å²) >= 11 is 5.83. The fourth-order valence-corrected chi connectivity index (χ4v) is 3.50. The molecule has 31 heavy (non-hydrogen) atoms. The monoisotopic (exact) mass is 442 g/mol. The van der Waals surface area contributed by atoms with Crippen LogP contribution in [0.25, 0.3) is 11.0 Å². The van der Waals surface area contributed by atoms with Gasteiger partial charge in [-0.15, -0.1) is 0 Å². The quantitative estimate of drug-likeness (QED) is 0.605. The van der Waals surface area contributed by atoms with Crippen molar-refractivity contribution in [2.75, 3.05) is 12.4 Å². The number of aromatic nitrogens is 3. The van der Waals surface area contributed by atoms with E-state index in [4.69, 9.17) is 16.3 Å². The summed E-state index contributed by atoms with van der Waals surface area (Å²) in [7, 11) is 2.66. The van der Waals surface area contributed by atoms with Crippen molar-refractivity contribution in [3.05, 3.63) is 67.4 Å². The summed E-state index contributed by atoms with van der Waals surface area (Å²) in [5.41, 5.74) is -0.262. The number of aryl methyl sites for hydroxylation is 1. The molecule has 1 aliphatic carbocycles. The first kappa shape index (κ1) is 20.8.